The maximum absolute atomic E-state index is 11.8. The number of nitrogens with one attached hydrogen (secondary N) is 2. The van der Waals surface area contributed by atoms with E-state index in [4.69, 9.17) is 4.74 Å². The number of benzene rings is 2. The lowest BCUT2D eigenvalue weighted by Gasteiger charge is -2.08. The third-order valence-corrected chi connectivity index (χ3v) is 3.44. The first-order valence-corrected chi connectivity index (χ1v) is 7.43. The number of ether oxygens (including phenoxy) is 1. The molecule has 0 spiro atoms. The van der Waals surface area contributed by atoms with Gasteiger partial charge in [-0.2, -0.15) is 0 Å². The summed E-state index contributed by atoms with van der Waals surface area (Å²) in [5, 5.41) is 5.16. The van der Waals surface area contributed by atoms with Crippen molar-refractivity contribution in [2.75, 3.05) is 12.4 Å². The van der Waals surface area contributed by atoms with Gasteiger partial charge < -0.3 is 15.4 Å². The molecule has 2 aromatic carbocycles. The highest BCUT2D eigenvalue weighted by molar-refractivity contribution is 6.39. The Morgan fingerprint density at radius 1 is 0.913 bits per heavy atom. The van der Waals surface area contributed by atoms with E-state index in [-0.39, 0.29) is 6.54 Å². The molecule has 0 saturated heterocycles. The number of anilines is 1. The van der Waals surface area contributed by atoms with Gasteiger partial charge in [0.25, 0.3) is 0 Å². The molecule has 2 aromatic rings. The van der Waals surface area contributed by atoms with Crippen LogP contribution in [-0.2, 0) is 22.6 Å². The van der Waals surface area contributed by atoms with Crippen molar-refractivity contribution in [3.63, 3.8) is 0 Å². The summed E-state index contributed by atoms with van der Waals surface area (Å²) in [6, 6.07) is 14.7. The molecule has 0 bridgehead atoms. The van der Waals surface area contributed by atoms with Gasteiger partial charge in [-0.25, -0.2) is 0 Å². The van der Waals surface area contributed by atoms with Gasteiger partial charge in [0.1, 0.15) is 5.75 Å². The molecule has 0 fully saturated rings. The van der Waals surface area contributed by atoms with Gasteiger partial charge in [-0.15, -0.1) is 0 Å². The summed E-state index contributed by atoms with van der Waals surface area (Å²) < 4.78 is 5.06. The predicted octanol–water partition coefficient (Wildman–Crippen LogP) is 2.51. The summed E-state index contributed by atoms with van der Waals surface area (Å²) in [7, 11) is 1.59. The van der Waals surface area contributed by atoms with Crippen molar-refractivity contribution in [1.29, 1.82) is 0 Å². The number of carbonyl (C=O) groups excluding carboxylic acids is 2. The molecule has 0 heterocycles. The predicted molar refractivity (Wildman–Crippen MR) is 89.3 cm³/mol. The summed E-state index contributed by atoms with van der Waals surface area (Å²) in [6.07, 6.45) is 0.927. The lowest BCUT2D eigenvalue weighted by atomic mass is 10.1. The molecule has 120 valence electrons. The van der Waals surface area contributed by atoms with Gasteiger partial charge in [0.05, 0.1) is 7.11 Å². The first-order chi connectivity index (χ1) is 11.1. The van der Waals surface area contributed by atoms with Crippen LogP contribution in [0.4, 0.5) is 5.69 Å². The highest BCUT2D eigenvalue weighted by Crippen LogP contribution is 2.11. The van der Waals surface area contributed by atoms with E-state index >= 15 is 0 Å². The Balaban J connectivity index is 1.85. The fourth-order valence-electron chi connectivity index (χ4n) is 2.02. The van der Waals surface area contributed by atoms with Crippen molar-refractivity contribution in [1.82, 2.24) is 5.32 Å². The number of hydrogen-bond donors (Lipinski definition) is 2. The topological polar surface area (TPSA) is 67.4 Å². The molecule has 5 nitrogen and oxygen atoms in total. The van der Waals surface area contributed by atoms with E-state index in [2.05, 4.69) is 17.6 Å². The van der Waals surface area contributed by atoms with Crippen molar-refractivity contribution in [3.8, 4) is 5.75 Å². The molecule has 0 aliphatic carbocycles. The quantitative estimate of drug-likeness (QED) is 0.834. The van der Waals surface area contributed by atoms with Gasteiger partial charge in [0.2, 0.25) is 0 Å². The first-order valence-electron chi connectivity index (χ1n) is 7.43. The minimum Gasteiger partial charge on any atom is -0.497 e. The Labute approximate surface area is 135 Å². The van der Waals surface area contributed by atoms with Crippen LogP contribution in [-0.4, -0.2) is 18.9 Å². The van der Waals surface area contributed by atoms with E-state index in [0.29, 0.717) is 5.69 Å². The number of carbonyl (C=O) groups is 2. The minimum absolute atomic E-state index is 0.283. The number of amides is 2. The van der Waals surface area contributed by atoms with Gasteiger partial charge in [0, 0.05) is 12.2 Å². The molecule has 2 rings (SSSR count). The number of hydrogen-bond acceptors (Lipinski definition) is 3. The lowest BCUT2D eigenvalue weighted by molar-refractivity contribution is -0.136. The molecule has 0 aromatic heterocycles. The van der Waals surface area contributed by atoms with E-state index in [1.807, 2.05) is 24.3 Å². The van der Waals surface area contributed by atoms with Crippen LogP contribution >= 0.6 is 0 Å². The van der Waals surface area contributed by atoms with Crippen LogP contribution in [0, 0.1) is 0 Å². The van der Waals surface area contributed by atoms with Crippen LogP contribution in [0.2, 0.25) is 0 Å². The molecule has 0 unspecified atom stereocenters. The van der Waals surface area contributed by atoms with E-state index in [0.717, 1.165) is 17.7 Å². The first kappa shape index (κ1) is 16.5. The fraction of sp³-hybridized carbons (Fsp3) is 0.222. The molecule has 2 amide bonds. The minimum atomic E-state index is -0.678. The second kappa shape index (κ2) is 7.98. The summed E-state index contributed by atoms with van der Waals surface area (Å²) in [5.74, 6) is -0.600. The SMILES string of the molecule is CCc1ccc(NC(=O)C(=O)NCc2ccc(OC)cc2)cc1. The zero-order chi connectivity index (χ0) is 16.7. The maximum Gasteiger partial charge on any atom is 0.313 e. The van der Waals surface area contributed by atoms with E-state index < -0.39 is 11.8 Å². The largest absolute Gasteiger partial charge is 0.497 e. The van der Waals surface area contributed by atoms with Crippen LogP contribution in [0.15, 0.2) is 48.5 Å². The Hall–Kier alpha value is -2.82. The Morgan fingerprint density at radius 2 is 1.52 bits per heavy atom. The Kier molecular flexibility index (Phi) is 5.74. The second-order valence-electron chi connectivity index (χ2n) is 5.04. The number of aryl methyl sites for hydroxylation is 1. The van der Waals surface area contributed by atoms with Crippen LogP contribution in [0.5, 0.6) is 5.75 Å². The van der Waals surface area contributed by atoms with Crippen molar-refractivity contribution < 1.29 is 14.3 Å². The van der Waals surface area contributed by atoms with Gasteiger partial charge in [-0.05, 0) is 41.8 Å². The van der Waals surface area contributed by atoms with Crippen LogP contribution in [0.25, 0.3) is 0 Å². The third-order valence-electron chi connectivity index (χ3n) is 3.44. The fourth-order valence-corrected chi connectivity index (χ4v) is 2.02. The smallest absolute Gasteiger partial charge is 0.313 e. The van der Waals surface area contributed by atoms with Crippen molar-refractivity contribution in [2.45, 2.75) is 19.9 Å². The molecule has 5 heteroatoms. The normalized spacial score (nSPS) is 10.0. The van der Waals surface area contributed by atoms with Crippen LogP contribution in [0.3, 0.4) is 0 Å². The average Bonchev–Trinajstić information content (AvgIpc) is 2.60. The zero-order valence-electron chi connectivity index (χ0n) is 13.3. The van der Waals surface area contributed by atoms with Crippen molar-refractivity contribution in [2.24, 2.45) is 0 Å². The van der Waals surface area contributed by atoms with E-state index in [9.17, 15) is 9.59 Å². The third kappa shape index (κ3) is 4.85. The van der Waals surface area contributed by atoms with Gasteiger partial charge >= 0.3 is 11.8 Å². The highest BCUT2D eigenvalue weighted by atomic mass is 16.5. The standard InChI is InChI=1S/C18H20N2O3/c1-3-13-4-8-15(9-5-13)20-18(22)17(21)19-12-14-6-10-16(23-2)11-7-14/h4-11H,3,12H2,1-2H3,(H,19,21)(H,20,22). The van der Waals surface area contributed by atoms with Crippen molar-refractivity contribution >= 4 is 17.5 Å². The molecule has 23 heavy (non-hydrogen) atoms. The summed E-state index contributed by atoms with van der Waals surface area (Å²) >= 11 is 0. The van der Waals surface area contributed by atoms with Crippen molar-refractivity contribution in [3.05, 3.63) is 59.7 Å². The zero-order valence-corrected chi connectivity index (χ0v) is 13.3. The lowest BCUT2D eigenvalue weighted by Crippen LogP contribution is -2.34. The van der Waals surface area contributed by atoms with E-state index in [1.165, 1.54) is 5.56 Å². The molecule has 0 aliphatic heterocycles. The highest BCUT2D eigenvalue weighted by Gasteiger charge is 2.13. The molecular formula is C18H20N2O3. The summed E-state index contributed by atoms with van der Waals surface area (Å²) in [6.45, 7) is 2.34. The molecule has 2 N–H and O–H groups in total. The Bertz CT molecular complexity index is 664. The second-order valence-corrected chi connectivity index (χ2v) is 5.04. The van der Waals surface area contributed by atoms with Crippen LogP contribution < -0.4 is 15.4 Å². The van der Waals surface area contributed by atoms with Gasteiger partial charge in [0.15, 0.2) is 0 Å². The maximum atomic E-state index is 11.8. The average molecular weight is 312 g/mol. The molecule has 0 radical (unpaired) electrons. The molecule has 0 aliphatic rings. The number of rotatable bonds is 5. The summed E-state index contributed by atoms with van der Waals surface area (Å²) in [5.41, 5.74) is 2.66. The molecular weight excluding hydrogens is 292 g/mol. The summed E-state index contributed by atoms with van der Waals surface area (Å²) in [4.78, 5) is 23.7. The monoisotopic (exact) mass is 312 g/mol. The van der Waals surface area contributed by atoms with Gasteiger partial charge in [-0.3, -0.25) is 9.59 Å². The molecule has 0 atom stereocenters. The number of methoxy groups -OCH3 is 1. The van der Waals surface area contributed by atoms with Gasteiger partial charge in [-0.1, -0.05) is 31.2 Å². The molecule has 0 saturated carbocycles. The Morgan fingerprint density at radius 3 is 2.09 bits per heavy atom. The van der Waals surface area contributed by atoms with E-state index in [1.54, 1.807) is 31.4 Å². The van der Waals surface area contributed by atoms with Crippen LogP contribution in [0.1, 0.15) is 18.1 Å².